The zero-order valence-electron chi connectivity index (χ0n) is 11.4. The van der Waals surface area contributed by atoms with Gasteiger partial charge < -0.3 is 19.7 Å². The Hall–Kier alpha value is -1.47. The quantitative estimate of drug-likeness (QED) is 0.468. The molecule has 113 valence electrons. The average Bonchev–Trinajstić information content (AvgIpc) is 2.16. The number of carbonyl (C=O) groups excluding carboxylic acids is 2. The van der Waals surface area contributed by atoms with Crippen molar-refractivity contribution >= 4 is 11.9 Å². The fourth-order valence-corrected chi connectivity index (χ4v) is 0.709. The third-order valence-electron chi connectivity index (χ3n) is 1.23. The number of carbonyl (C=O) groups is 2. The average molecular weight is 319 g/mol. The van der Waals surface area contributed by atoms with Crippen molar-refractivity contribution in [1.29, 1.82) is 0 Å². The molecule has 0 fully saturated rings. The minimum atomic E-state index is -0.502. The molecule has 0 aliphatic heterocycles. The second-order valence-electron chi connectivity index (χ2n) is 3.08. The molecule has 6 nitrogen and oxygen atoms in total. The summed E-state index contributed by atoms with van der Waals surface area (Å²) in [4.78, 5) is 20.8. The SMILES string of the molecule is CCOC(=O)/C=C(\C)O.CCOC(=O)/C=C(\C)O.[Co]. The van der Waals surface area contributed by atoms with Crippen LogP contribution in [0, 0.1) is 0 Å². The summed E-state index contributed by atoms with van der Waals surface area (Å²) >= 11 is 0. The Morgan fingerprint density at radius 1 is 0.895 bits per heavy atom. The summed E-state index contributed by atoms with van der Waals surface area (Å²) in [6.07, 6.45) is 2.06. The number of aliphatic hydroxyl groups is 2. The zero-order chi connectivity index (χ0) is 14.6. The number of ether oxygens (including phenoxy) is 2. The van der Waals surface area contributed by atoms with Crippen LogP contribution in [-0.2, 0) is 35.8 Å². The maximum atomic E-state index is 10.4. The van der Waals surface area contributed by atoms with E-state index in [1.807, 2.05) is 0 Å². The molecule has 19 heavy (non-hydrogen) atoms. The summed E-state index contributed by atoms with van der Waals surface area (Å²) in [6.45, 7) is 6.91. The Labute approximate surface area is 123 Å². The summed E-state index contributed by atoms with van der Waals surface area (Å²) in [5.74, 6) is -1.07. The van der Waals surface area contributed by atoms with E-state index in [1.54, 1.807) is 13.8 Å². The maximum absolute atomic E-state index is 10.4. The van der Waals surface area contributed by atoms with Gasteiger partial charge in [-0.2, -0.15) is 0 Å². The number of allylic oxidation sites excluding steroid dienone is 2. The molecule has 0 bridgehead atoms. The van der Waals surface area contributed by atoms with Gasteiger partial charge in [0.15, 0.2) is 0 Å². The Kier molecular flexibility index (Phi) is 17.4. The molecule has 0 spiro atoms. The van der Waals surface area contributed by atoms with Crippen molar-refractivity contribution in [3.63, 3.8) is 0 Å². The molecule has 0 saturated carbocycles. The molecular weight excluding hydrogens is 299 g/mol. The molecule has 0 atom stereocenters. The van der Waals surface area contributed by atoms with Crippen molar-refractivity contribution < 1.29 is 46.1 Å². The Balaban J connectivity index is -0.000000256. The van der Waals surface area contributed by atoms with Crippen LogP contribution >= 0.6 is 0 Å². The topological polar surface area (TPSA) is 93.1 Å². The van der Waals surface area contributed by atoms with Crippen LogP contribution < -0.4 is 0 Å². The Bertz CT molecular complexity index is 282. The molecule has 2 N–H and O–H groups in total. The van der Waals surface area contributed by atoms with Crippen LogP contribution in [0.15, 0.2) is 23.7 Å². The summed E-state index contributed by atoms with van der Waals surface area (Å²) < 4.78 is 8.95. The van der Waals surface area contributed by atoms with Gasteiger partial charge in [0, 0.05) is 16.8 Å². The standard InChI is InChI=1S/2C6H10O3.Co/c2*1-3-9-6(8)4-5(2)7;/h2*4,7H,3H2,1-2H3;/b2*5-4+;. The number of rotatable bonds is 4. The van der Waals surface area contributed by atoms with E-state index in [4.69, 9.17) is 10.2 Å². The molecule has 7 heteroatoms. The van der Waals surface area contributed by atoms with Gasteiger partial charge in [-0.15, -0.1) is 0 Å². The molecule has 0 rings (SSSR count). The number of aliphatic hydroxyl groups excluding tert-OH is 2. The van der Waals surface area contributed by atoms with Crippen LogP contribution in [0.4, 0.5) is 0 Å². The van der Waals surface area contributed by atoms with E-state index in [9.17, 15) is 9.59 Å². The van der Waals surface area contributed by atoms with E-state index in [2.05, 4.69) is 9.47 Å². The number of esters is 2. The molecule has 0 heterocycles. The first-order valence-corrected chi connectivity index (χ1v) is 5.41. The first-order valence-electron chi connectivity index (χ1n) is 5.41. The third-order valence-corrected chi connectivity index (χ3v) is 1.23. The van der Waals surface area contributed by atoms with Crippen molar-refractivity contribution in [3.05, 3.63) is 23.7 Å². The van der Waals surface area contributed by atoms with Crippen molar-refractivity contribution in [1.82, 2.24) is 0 Å². The van der Waals surface area contributed by atoms with E-state index in [1.165, 1.54) is 13.8 Å². The van der Waals surface area contributed by atoms with Gasteiger partial charge >= 0.3 is 11.9 Å². The molecule has 0 amide bonds. The minimum absolute atomic E-state index is 0. The van der Waals surface area contributed by atoms with Crippen LogP contribution in [-0.4, -0.2) is 35.4 Å². The van der Waals surface area contributed by atoms with Gasteiger partial charge in [-0.1, -0.05) is 0 Å². The fraction of sp³-hybridized carbons (Fsp3) is 0.500. The number of hydrogen-bond acceptors (Lipinski definition) is 6. The molecule has 0 saturated heterocycles. The van der Waals surface area contributed by atoms with Crippen LogP contribution in [0.5, 0.6) is 0 Å². The van der Waals surface area contributed by atoms with Crippen LogP contribution in [0.3, 0.4) is 0 Å². The van der Waals surface area contributed by atoms with Crippen molar-refractivity contribution in [2.45, 2.75) is 27.7 Å². The summed E-state index contributed by atoms with van der Waals surface area (Å²) in [6, 6.07) is 0. The van der Waals surface area contributed by atoms with E-state index in [0.29, 0.717) is 13.2 Å². The van der Waals surface area contributed by atoms with Crippen LogP contribution in [0.25, 0.3) is 0 Å². The Morgan fingerprint density at radius 2 is 1.16 bits per heavy atom. The Morgan fingerprint density at radius 3 is 1.32 bits per heavy atom. The molecule has 0 aliphatic carbocycles. The normalized spacial score (nSPS) is 10.5. The van der Waals surface area contributed by atoms with Gasteiger partial charge in [0.1, 0.15) is 0 Å². The van der Waals surface area contributed by atoms with Crippen molar-refractivity contribution in [2.24, 2.45) is 0 Å². The first kappa shape index (κ1) is 22.7. The predicted octanol–water partition coefficient (Wildman–Crippen LogP) is 2.02. The summed E-state index contributed by atoms with van der Waals surface area (Å²) in [7, 11) is 0. The van der Waals surface area contributed by atoms with E-state index < -0.39 is 11.9 Å². The maximum Gasteiger partial charge on any atom is 0.334 e. The first-order chi connectivity index (χ1) is 8.33. The van der Waals surface area contributed by atoms with Crippen LogP contribution in [0.2, 0.25) is 0 Å². The van der Waals surface area contributed by atoms with E-state index >= 15 is 0 Å². The van der Waals surface area contributed by atoms with E-state index in [0.717, 1.165) is 12.2 Å². The second kappa shape index (κ2) is 14.6. The molecule has 0 aromatic rings. The molecule has 0 aliphatic rings. The smallest absolute Gasteiger partial charge is 0.334 e. The monoisotopic (exact) mass is 319 g/mol. The molecule has 0 unspecified atom stereocenters. The molecule has 1 radical (unpaired) electrons. The summed E-state index contributed by atoms with van der Waals surface area (Å²) in [5, 5.41) is 17.0. The minimum Gasteiger partial charge on any atom is -0.512 e. The van der Waals surface area contributed by atoms with Gasteiger partial charge in [-0.25, -0.2) is 9.59 Å². The number of hydrogen-bond donors (Lipinski definition) is 2. The van der Waals surface area contributed by atoms with Crippen molar-refractivity contribution in [3.8, 4) is 0 Å². The zero-order valence-corrected chi connectivity index (χ0v) is 12.5. The van der Waals surface area contributed by atoms with Gasteiger partial charge in [0.25, 0.3) is 0 Å². The summed E-state index contributed by atoms with van der Waals surface area (Å²) in [5.41, 5.74) is 0. The van der Waals surface area contributed by atoms with Gasteiger partial charge in [0.05, 0.1) is 36.9 Å². The predicted molar refractivity (Wildman–Crippen MR) is 66.0 cm³/mol. The second-order valence-corrected chi connectivity index (χ2v) is 3.08. The molecule has 0 aromatic heterocycles. The fourth-order valence-electron chi connectivity index (χ4n) is 0.709. The third kappa shape index (κ3) is 22.2. The molecule has 0 aromatic carbocycles. The largest absolute Gasteiger partial charge is 0.512 e. The van der Waals surface area contributed by atoms with Gasteiger partial charge in [-0.05, 0) is 27.7 Å². The van der Waals surface area contributed by atoms with Crippen LogP contribution in [0.1, 0.15) is 27.7 Å². The van der Waals surface area contributed by atoms with Crippen molar-refractivity contribution in [2.75, 3.05) is 13.2 Å². The van der Waals surface area contributed by atoms with Gasteiger partial charge in [-0.3, -0.25) is 0 Å². The molecular formula is C12H20CoO6. The van der Waals surface area contributed by atoms with E-state index in [-0.39, 0.29) is 28.3 Å². The van der Waals surface area contributed by atoms with Gasteiger partial charge in [0.2, 0.25) is 0 Å².